The summed E-state index contributed by atoms with van der Waals surface area (Å²) < 4.78 is 9.33. The van der Waals surface area contributed by atoms with Crippen LogP contribution < -0.4 is 15.2 Å². The first-order valence-corrected chi connectivity index (χ1v) is 12.4. The van der Waals surface area contributed by atoms with E-state index in [1.54, 1.807) is 49.4 Å². The minimum absolute atomic E-state index is 0.00130. The van der Waals surface area contributed by atoms with Crippen LogP contribution in [0.3, 0.4) is 0 Å². The molecule has 0 spiro atoms. The highest BCUT2D eigenvalue weighted by atomic mass is 16.5. The molecule has 0 saturated carbocycles. The molecule has 3 heterocycles. The van der Waals surface area contributed by atoms with Crippen molar-refractivity contribution in [3.05, 3.63) is 81.4 Å². The van der Waals surface area contributed by atoms with E-state index in [1.807, 2.05) is 10.6 Å². The molecule has 1 fully saturated rings. The standard InChI is InChI=1S/C29H25N7O2/c1-3-4-18-35-25-26(32-28(35)34-16-10-5-11-17-34)33-29(38-24-15-9-7-12-21(24)19-30)36(27(25)37)20-22-13-6-8-14-23(22)31-2/h6-9,12-15H,5,10-11,16-18,20H2,1H3. The summed E-state index contributed by atoms with van der Waals surface area (Å²) >= 11 is 0. The van der Waals surface area contributed by atoms with Crippen molar-refractivity contribution in [2.24, 2.45) is 0 Å². The van der Waals surface area contributed by atoms with Crippen molar-refractivity contribution in [1.82, 2.24) is 19.1 Å². The molecule has 1 aliphatic rings. The van der Waals surface area contributed by atoms with Gasteiger partial charge in [0.15, 0.2) is 16.9 Å². The van der Waals surface area contributed by atoms with E-state index >= 15 is 0 Å². The highest BCUT2D eigenvalue weighted by Gasteiger charge is 2.25. The number of hydrogen-bond donors (Lipinski definition) is 0. The summed E-state index contributed by atoms with van der Waals surface area (Å²) in [6, 6.07) is 16.0. The average Bonchev–Trinajstić information content (AvgIpc) is 3.33. The van der Waals surface area contributed by atoms with Crippen LogP contribution in [0.5, 0.6) is 11.8 Å². The topological polar surface area (TPSA) is 93.3 Å². The van der Waals surface area contributed by atoms with Crippen LogP contribution in [0.2, 0.25) is 0 Å². The zero-order valence-electron chi connectivity index (χ0n) is 21.0. The van der Waals surface area contributed by atoms with Crippen LogP contribution in [0.15, 0.2) is 53.3 Å². The Balaban J connectivity index is 1.74. The van der Waals surface area contributed by atoms with E-state index < -0.39 is 0 Å². The van der Waals surface area contributed by atoms with Gasteiger partial charge in [-0.25, -0.2) is 4.85 Å². The molecule has 9 nitrogen and oxygen atoms in total. The molecular weight excluding hydrogens is 478 g/mol. The van der Waals surface area contributed by atoms with E-state index in [0.29, 0.717) is 34.8 Å². The summed E-state index contributed by atoms with van der Waals surface area (Å²) in [5.74, 6) is 6.92. The van der Waals surface area contributed by atoms with Crippen molar-refractivity contribution >= 4 is 22.8 Å². The number of aromatic nitrogens is 4. The lowest BCUT2D eigenvalue weighted by Gasteiger charge is -2.27. The molecular formula is C29H25N7O2. The van der Waals surface area contributed by atoms with E-state index in [-0.39, 0.29) is 29.5 Å². The van der Waals surface area contributed by atoms with Gasteiger partial charge in [0.1, 0.15) is 11.8 Å². The lowest BCUT2D eigenvalue weighted by molar-refractivity contribution is 0.406. The Morgan fingerprint density at radius 3 is 2.58 bits per heavy atom. The smallest absolute Gasteiger partial charge is 0.307 e. The Labute approximate surface area is 220 Å². The molecule has 0 atom stereocenters. The fourth-order valence-corrected chi connectivity index (χ4v) is 4.61. The third-order valence-electron chi connectivity index (χ3n) is 6.51. The molecule has 38 heavy (non-hydrogen) atoms. The molecule has 0 bridgehead atoms. The number of hydrogen-bond acceptors (Lipinski definition) is 6. The molecule has 1 aliphatic heterocycles. The van der Waals surface area contributed by atoms with Gasteiger partial charge in [-0.2, -0.15) is 15.2 Å². The zero-order valence-corrected chi connectivity index (χ0v) is 21.0. The monoisotopic (exact) mass is 503 g/mol. The van der Waals surface area contributed by atoms with Gasteiger partial charge in [0.05, 0.1) is 18.7 Å². The quantitative estimate of drug-likeness (QED) is 0.275. The number of nitriles is 1. The van der Waals surface area contributed by atoms with E-state index in [9.17, 15) is 10.1 Å². The first-order valence-electron chi connectivity index (χ1n) is 12.4. The predicted molar refractivity (Wildman–Crippen MR) is 144 cm³/mol. The van der Waals surface area contributed by atoms with Crippen LogP contribution >= 0.6 is 0 Å². The molecule has 9 heteroatoms. The maximum Gasteiger partial charge on any atom is 0.307 e. The third kappa shape index (κ3) is 4.68. The first kappa shape index (κ1) is 24.6. The maximum atomic E-state index is 14.2. The first-order chi connectivity index (χ1) is 18.6. The predicted octanol–water partition coefficient (Wildman–Crippen LogP) is 4.87. The molecule has 2 aromatic carbocycles. The summed E-state index contributed by atoms with van der Waals surface area (Å²) in [6.45, 7) is 11.4. The van der Waals surface area contributed by atoms with E-state index in [2.05, 4.69) is 32.6 Å². The molecule has 188 valence electrons. The van der Waals surface area contributed by atoms with Crippen molar-refractivity contribution in [2.75, 3.05) is 18.0 Å². The molecule has 0 amide bonds. The maximum absolute atomic E-state index is 14.2. The lowest BCUT2D eigenvalue weighted by Crippen LogP contribution is -2.32. The lowest BCUT2D eigenvalue weighted by atomic mass is 10.1. The largest absolute Gasteiger partial charge is 0.424 e. The molecule has 0 aliphatic carbocycles. The molecule has 1 saturated heterocycles. The van der Waals surface area contributed by atoms with Crippen LogP contribution in [0.4, 0.5) is 11.6 Å². The highest BCUT2D eigenvalue weighted by molar-refractivity contribution is 5.75. The fourth-order valence-electron chi connectivity index (χ4n) is 4.61. The molecule has 0 radical (unpaired) electrons. The second-order valence-electron chi connectivity index (χ2n) is 8.88. The van der Waals surface area contributed by atoms with E-state index in [0.717, 1.165) is 32.4 Å². The Hall–Kier alpha value is -5.07. The summed E-state index contributed by atoms with van der Waals surface area (Å²) in [4.78, 5) is 29.4. The SMILES string of the molecule is [C-]#[N+]c1ccccc1Cn1c(Oc2ccccc2C#N)nc2nc(N3CCCCC3)n(CC#CC)c2c1=O. The van der Waals surface area contributed by atoms with Crippen LogP contribution in [0.1, 0.15) is 37.3 Å². The molecule has 0 unspecified atom stereocenters. The Bertz CT molecular complexity index is 1700. The number of ether oxygens (including phenoxy) is 1. The number of fused-ring (bicyclic) bond motifs is 1. The average molecular weight is 504 g/mol. The molecule has 2 aromatic heterocycles. The Kier molecular flexibility index (Phi) is 7.06. The molecule has 5 rings (SSSR count). The third-order valence-corrected chi connectivity index (χ3v) is 6.51. The summed E-state index contributed by atoms with van der Waals surface area (Å²) in [5, 5.41) is 9.58. The van der Waals surface area contributed by atoms with Crippen molar-refractivity contribution < 1.29 is 4.74 Å². The van der Waals surface area contributed by atoms with Crippen molar-refractivity contribution in [1.29, 1.82) is 5.26 Å². The molecule has 4 aromatic rings. The number of imidazole rings is 1. The van der Waals surface area contributed by atoms with E-state index in [1.165, 1.54) is 4.57 Å². The van der Waals surface area contributed by atoms with Crippen LogP contribution in [-0.4, -0.2) is 32.2 Å². The van der Waals surface area contributed by atoms with Crippen LogP contribution in [0.25, 0.3) is 16.0 Å². The second-order valence-corrected chi connectivity index (χ2v) is 8.88. The highest BCUT2D eigenvalue weighted by Crippen LogP contribution is 2.29. The van der Waals surface area contributed by atoms with Crippen LogP contribution in [-0.2, 0) is 13.1 Å². The second kappa shape index (κ2) is 10.9. The van der Waals surface area contributed by atoms with Gasteiger partial charge in [-0.3, -0.25) is 13.9 Å². The van der Waals surface area contributed by atoms with Gasteiger partial charge >= 0.3 is 6.01 Å². The van der Waals surface area contributed by atoms with Gasteiger partial charge in [0, 0.05) is 19.6 Å². The minimum Gasteiger partial charge on any atom is -0.424 e. The van der Waals surface area contributed by atoms with Gasteiger partial charge in [-0.15, -0.1) is 5.92 Å². The number of piperidine rings is 1. The number of rotatable bonds is 6. The summed E-state index contributed by atoms with van der Waals surface area (Å²) in [5.41, 5.74) is 1.63. The molecule has 0 N–H and O–H groups in total. The van der Waals surface area contributed by atoms with Crippen molar-refractivity contribution in [3.8, 4) is 29.7 Å². The Morgan fingerprint density at radius 2 is 1.82 bits per heavy atom. The minimum atomic E-state index is -0.354. The Morgan fingerprint density at radius 1 is 1.05 bits per heavy atom. The zero-order chi connectivity index (χ0) is 26.5. The number of nitrogens with zero attached hydrogens (tertiary/aromatic N) is 7. The van der Waals surface area contributed by atoms with Crippen LogP contribution in [0, 0.1) is 29.7 Å². The number of anilines is 1. The van der Waals surface area contributed by atoms with Crippen molar-refractivity contribution in [3.63, 3.8) is 0 Å². The van der Waals surface area contributed by atoms with Gasteiger partial charge in [0.25, 0.3) is 5.56 Å². The van der Waals surface area contributed by atoms with Gasteiger partial charge < -0.3 is 9.64 Å². The van der Waals surface area contributed by atoms with Gasteiger partial charge in [0.2, 0.25) is 5.95 Å². The number of benzene rings is 2. The van der Waals surface area contributed by atoms with Crippen molar-refractivity contribution in [2.45, 2.75) is 39.3 Å². The van der Waals surface area contributed by atoms with E-state index in [4.69, 9.17) is 16.3 Å². The van der Waals surface area contributed by atoms with Gasteiger partial charge in [-0.1, -0.05) is 42.3 Å². The summed E-state index contributed by atoms with van der Waals surface area (Å²) in [6.07, 6.45) is 3.26. The number of para-hydroxylation sites is 2. The fraction of sp³-hybridized carbons (Fsp3) is 0.276. The van der Waals surface area contributed by atoms with Gasteiger partial charge in [-0.05, 0) is 43.9 Å². The summed E-state index contributed by atoms with van der Waals surface area (Å²) in [7, 11) is 0. The normalized spacial score (nSPS) is 12.9.